The van der Waals surface area contributed by atoms with E-state index >= 15 is 0 Å². The summed E-state index contributed by atoms with van der Waals surface area (Å²) in [4.78, 5) is 14.3. The highest BCUT2D eigenvalue weighted by Gasteiger charge is 2.09. The number of nitrogens with zero attached hydrogens (tertiary/aromatic N) is 1. The second-order valence-electron chi connectivity index (χ2n) is 4.99. The molecular formula is C15H23N3OS. The first-order chi connectivity index (χ1) is 9.75. The average Bonchev–Trinajstić information content (AvgIpc) is 2.47. The van der Waals surface area contributed by atoms with Gasteiger partial charge in [-0.15, -0.1) is 0 Å². The number of nitrogens with one attached hydrogen (secondary N) is 2. The lowest BCUT2D eigenvalue weighted by molar-refractivity contribution is -0.115. The number of hydrogen-bond donors (Lipinski definition) is 2. The van der Waals surface area contributed by atoms with Crippen molar-refractivity contribution in [2.24, 2.45) is 0 Å². The summed E-state index contributed by atoms with van der Waals surface area (Å²) >= 11 is 2.02. The predicted molar refractivity (Wildman–Crippen MR) is 86.4 cm³/mol. The van der Waals surface area contributed by atoms with Gasteiger partial charge in [-0.05, 0) is 18.6 Å². The summed E-state index contributed by atoms with van der Waals surface area (Å²) < 4.78 is 0. The molecule has 1 amide bonds. The van der Waals surface area contributed by atoms with Gasteiger partial charge in [0.25, 0.3) is 0 Å². The first kappa shape index (κ1) is 15.4. The summed E-state index contributed by atoms with van der Waals surface area (Å²) in [6.07, 6.45) is 0. The minimum atomic E-state index is 0.0218. The summed E-state index contributed by atoms with van der Waals surface area (Å²) in [5.74, 6) is 2.48. The summed E-state index contributed by atoms with van der Waals surface area (Å²) in [6, 6.07) is 7.83. The molecule has 1 aromatic rings. The Labute approximate surface area is 125 Å². The van der Waals surface area contributed by atoms with Gasteiger partial charge in [0.2, 0.25) is 5.91 Å². The van der Waals surface area contributed by atoms with Crippen LogP contribution in [0, 0.1) is 6.92 Å². The number of amides is 1. The zero-order chi connectivity index (χ0) is 14.2. The molecule has 1 aliphatic rings. The molecule has 20 heavy (non-hydrogen) atoms. The summed E-state index contributed by atoms with van der Waals surface area (Å²) in [7, 11) is 0. The molecule has 1 heterocycles. The van der Waals surface area contributed by atoms with Crippen molar-refractivity contribution in [2.45, 2.75) is 6.92 Å². The molecule has 110 valence electrons. The van der Waals surface area contributed by atoms with E-state index in [2.05, 4.69) is 15.5 Å². The van der Waals surface area contributed by atoms with Crippen LogP contribution in [0.25, 0.3) is 0 Å². The molecule has 0 spiro atoms. The minimum Gasteiger partial charge on any atom is -0.325 e. The fraction of sp³-hybridized carbons (Fsp3) is 0.533. The van der Waals surface area contributed by atoms with Crippen molar-refractivity contribution in [3.63, 3.8) is 0 Å². The largest absolute Gasteiger partial charge is 0.325 e. The molecular weight excluding hydrogens is 270 g/mol. The fourth-order valence-corrected chi connectivity index (χ4v) is 3.15. The molecule has 0 bridgehead atoms. The lowest BCUT2D eigenvalue weighted by atomic mass is 10.2. The molecule has 5 heteroatoms. The average molecular weight is 293 g/mol. The predicted octanol–water partition coefficient (Wildman–Crippen LogP) is 1.57. The van der Waals surface area contributed by atoms with Crippen molar-refractivity contribution in [3.05, 3.63) is 29.8 Å². The zero-order valence-electron chi connectivity index (χ0n) is 12.0. The third kappa shape index (κ3) is 5.15. The smallest absolute Gasteiger partial charge is 0.238 e. The van der Waals surface area contributed by atoms with Crippen molar-refractivity contribution < 1.29 is 4.79 Å². The Hall–Kier alpha value is -1.04. The van der Waals surface area contributed by atoms with Crippen LogP contribution >= 0.6 is 11.8 Å². The molecule has 0 saturated carbocycles. The monoisotopic (exact) mass is 293 g/mol. The molecule has 0 radical (unpaired) electrons. The number of thioether (sulfide) groups is 1. The summed E-state index contributed by atoms with van der Waals surface area (Å²) in [5, 5.41) is 6.14. The molecule has 1 aliphatic heterocycles. The first-order valence-electron chi connectivity index (χ1n) is 7.12. The van der Waals surface area contributed by atoms with E-state index in [-0.39, 0.29) is 5.91 Å². The van der Waals surface area contributed by atoms with E-state index < -0.39 is 0 Å². The van der Waals surface area contributed by atoms with E-state index in [1.807, 2.05) is 43.0 Å². The van der Waals surface area contributed by atoms with Crippen LogP contribution in [-0.2, 0) is 4.79 Å². The number of anilines is 1. The summed E-state index contributed by atoms with van der Waals surface area (Å²) in [5.41, 5.74) is 1.99. The van der Waals surface area contributed by atoms with Crippen LogP contribution in [0.4, 0.5) is 5.69 Å². The second-order valence-corrected chi connectivity index (χ2v) is 6.22. The van der Waals surface area contributed by atoms with Crippen LogP contribution < -0.4 is 10.6 Å². The van der Waals surface area contributed by atoms with Crippen molar-refractivity contribution in [1.82, 2.24) is 10.2 Å². The van der Waals surface area contributed by atoms with Crippen LogP contribution in [-0.4, -0.2) is 55.0 Å². The molecule has 4 nitrogen and oxygen atoms in total. The Kier molecular flexibility index (Phi) is 6.36. The van der Waals surface area contributed by atoms with Crippen LogP contribution in [0.15, 0.2) is 24.3 Å². The van der Waals surface area contributed by atoms with Gasteiger partial charge in [-0.25, -0.2) is 0 Å². The highest BCUT2D eigenvalue weighted by molar-refractivity contribution is 7.99. The molecule has 0 unspecified atom stereocenters. The number of carbonyl (C=O) groups excluding carboxylic acids is 1. The van der Waals surface area contributed by atoms with Gasteiger partial charge in [0.15, 0.2) is 0 Å². The zero-order valence-corrected chi connectivity index (χ0v) is 12.8. The maximum Gasteiger partial charge on any atom is 0.238 e. The number of para-hydroxylation sites is 1. The maximum absolute atomic E-state index is 11.8. The third-order valence-electron chi connectivity index (χ3n) is 3.41. The lowest BCUT2D eigenvalue weighted by Gasteiger charge is -2.26. The number of hydrogen-bond acceptors (Lipinski definition) is 4. The Morgan fingerprint density at radius 1 is 1.30 bits per heavy atom. The van der Waals surface area contributed by atoms with E-state index in [1.165, 1.54) is 24.6 Å². The van der Waals surface area contributed by atoms with Crippen molar-refractivity contribution in [2.75, 3.05) is 49.5 Å². The molecule has 0 atom stereocenters. The quantitative estimate of drug-likeness (QED) is 0.782. The third-order valence-corrected chi connectivity index (χ3v) is 4.36. The fourth-order valence-electron chi connectivity index (χ4n) is 2.17. The Morgan fingerprint density at radius 2 is 2.05 bits per heavy atom. The number of rotatable bonds is 6. The molecule has 1 saturated heterocycles. The van der Waals surface area contributed by atoms with Crippen LogP contribution in [0.5, 0.6) is 0 Å². The van der Waals surface area contributed by atoms with Gasteiger partial charge in [0, 0.05) is 43.4 Å². The van der Waals surface area contributed by atoms with Crippen LogP contribution in [0.2, 0.25) is 0 Å². The molecule has 1 aromatic carbocycles. The lowest BCUT2D eigenvalue weighted by Crippen LogP contribution is -2.39. The van der Waals surface area contributed by atoms with Gasteiger partial charge >= 0.3 is 0 Å². The molecule has 2 rings (SSSR count). The standard InChI is InChI=1S/C15H23N3OS/c1-13-4-2-3-5-14(13)17-15(19)12-16-6-7-18-8-10-20-11-9-18/h2-5,16H,6-12H2,1H3,(H,17,19). The number of carbonyl (C=O) groups is 1. The number of benzene rings is 1. The maximum atomic E-state index is 11.8. The Morgan fingerprint density at radius 3 is 2.80 bits per heavy atom. The Balaban J connectivity index is 1.61. The van der Waals surface area contributed by atoms with Crippen molar-refractivity contribution >= 4 is 23.4 Å². The van der Waals surface area contributed by atoms with Gasteiger partial charge in [0.1, 0.15) is 0 Å². The SMILES string of the molecule is Cc1ccccc1NC(=O)CNCCN1CCSCC1. The molecule has 2 N–H and O–H groups in total. The van der Waals surface area contributed by atoms with Gasteiger partial charge in [-0.1, -0.05) is 18.2 Å². The summed E-state index contributed by atoms with van der Waals surface area (Å²) in [6.45, 7) is 6.60. The highest BCUT2D eigenvalue weighted by atomic mass is 32.2. The second kappa shape index (κ2) is 8.29. The minimum absolute atomic E-state index is 0.0218. The van der Waals surface area contributed by atoms with Crippen molar-refractivity contribution in [3.8, 4) is 0 Å². The normalized spacial score (nSPS) is 16.1. The number of aryl methyl sites for hydroxylation is 1. The first-order valence-corrected chi connectivity index (χ1v) is 8.27. The van der Waals surface area contributed by atoms with E-state index in [4.69, 9.17) is 0 Å². The Bertz CT molecular complexity index is 433. The van der Waals surface area contributed by atoms with E-state index in [0.717, 1.165) is 24.3 Å². The molecule has 0 aromatic heterocycles. The van der Waals surface area contributed by atoms with Gasteiger partial charge in [0.05, 0.1) is 6.54 Å². The van der Waals surface area contributed by atoms with Gasteiger partial charge < -0.3 is 15.5 Å². The van der Waals surface area contributed by atoms with Gasteiger partial charge in [-0.2, -0.15) is 11.8 Å². The van der Waals surface area contributed by atoms with E-state index in [9.17, 15) is 4.79 Å². The molecule has 1 fully saturated rings. The van der Waals surface area contributed by atoms with Crippen LogP contribution in [0.1, 0.15) is 5.56 Å². The van der Waals surface area contributed by atoms with Crippen LogP contribution in [0.3, 0.4) is 0 Å². The van der Waals surface area contributed by atoms with E-state index in [0.29, 0.717) is 6.54 Å². The van der Waals surface area contributed by atoms with Gasteiger partial charge in [-0.3, -0.25) is 4.79 Å². The highest BCUT2D eigenvalue weighted by Crippen LogP contribution is 2.12. The van der Waals surface area contributed by atoms with Crippen molar-refractivity contribution in [1.29, 1.82) is 0 Å². The topological polar surface area (TPSA) is 44.4 Å². The molecule has 0 aliphatic carbocycles. The van der Waals surface area contributed by atoms with E-state index in [1.54, 1.807) is 0 Å².